The molecule has 1 aromatic rings. The highest BCUT2D eigenvalue weighted by Gasteiger charge is 2.53. The van der Waals surface area contributed by atoms with Gasteiger partial charge in [0.1, 0.15) is 5.76 Å². The average molecular weight is 422 g/mol. The minimum absolute atomic E-state index is 0.0186. The Morgan fingerprint density at radius 2 is 1.84 bits per heavy atom. The molecule has 0 saturated heterocycles. The highest BCUT2D eigenvalue weighted by Crippen LogP contribution is 2.58. The molecule has 0 unspecified atom stereocenters. The first-order valence-corrected chi connectivity index (χ1v) is 11.5. The van der Waals surface area contributed by atoms with Crippen molar-refractivity contribution in [2.45, 2.75) is 52.5 Å². The van der Waals surface area contributed by atoms with Gasteiger partial charge < -0.3 is 15.7 Å². The molecule has 0 aromatic heterocycles. The number of fused-ring (bicyclic) bond motifs is 3. The third-order valence-corrected chi connectivity index (χ3v) is 8.59. The number of rotatable bonds is 3. The molecule has 0 fully saturated rings. The van der Waals surface area contributed by atoms with Crippen molar-refractivity contribution in [3.63, 3.8) is 0 Å². The van der Waals surface area contributed by atoms with E-state index in [-0.39, 0.29) is 11.5 Å². The van der Waals surface area contributed by atoms with Gasteiger partial charge in [0.05, 0.1) is 6.04 Å². The molecule has 3 aliphatic rings. The molecule has 0 spiro atoms. The van der Waals surface area contributed by atoms with Gasteiger partial charge in [0, 0.05) is 31.1 Å². The third kappa shape index (κ3) is 3.22. The standard InChI is InChI=1S/C27H39N3O/c1-15-9-10-24(29(5)6)21-11-18-12-23-25(30(7)8)26(31)22(17(3)28)14-27(23,4)16(2)20(18)13-19(15)21/h9-10,18,23,25,31H,3,11-14,28H2,1-2,4-8H3/t18-,23-,25-,27-/m0/s1. The van der Waals surface area contributed by atoms with E-state index >= 15 is 0 Å². The van der Waals surface area contributed by atoms with E-state index in [0.29, 0.717) is 23.3 Å². The van der Waals surface area contributed by atoms with Crippen molar-refractivity contribution in [3.05, 3.63) is 63.6 Å². The maximum Gasteiger partial charge on any atom is 0.115 e. The van der Waals surface area contributed by atoms with Crippen LogP contribution in [0.2, 0.25) is 0 Å². The molecule has 0 aliphatic heterocycles. The van der Waals surface area contributed by atoms with Crippen LogP contribution in [0.5, 0.6) is 0 Å². The fourth-order valence-corrected chi connectivity index (χ4v) is 6.72. The van der Waals surface area contributed by atoms with Crippen molar-refractivity contribution in [3.8, 4) is 0 Å². The number of likely N-dealkylation sites (N-methyl/N-ethyl adjacent to an activating group) is 1. The van der Waals surface area contributed by atoms with E-state index < -0.39 is 0 Å². The van der Waals surface area contributed by atoms with Gasteiger partial charge in [-0.2, -0.15) is 0 Å². The van der Waals surface area contributed by atoms with Crippen molar-refractivity contribution < 1.29 is 5.11 Å². The van der Waals surface area contributed by atoms with Gasteiger partial charge in [-0.15, -0.1) is 0 Å². The van der Waals surface area contributed by atoms with Crippen LogP contribution in [0.3, 0.4) is 0 Å². The second-order valence-electron chi connectivity index (χ2n) is 10.7. The molecule has 4 rings (SSSR count). The number of allylic oxidation sites excluding steroid dienone is 3. The van der Waals surface area contributed by atoms with E-state index in [9.17, 15) is 5.11 Å². The first-order valence-electron chi connectivity index (χ1n) is 11.5. The van der Waals surface area contributed by atoms with E-state index in [0.717, 1.165) is 31.3 Å². The summed E-state index contributed by atoms with van der Waals surface area (Å²) in [7, 11) is 8.43. The Hall–Kier alpha value is -2.20. The Morgan fingerprint density at radius 1 is 1.16 bits per heavy atom. The van der Waals surface area contributed by atoms with Crippen LogP contribution in [0.15, 0.2) is 46.9 Å². The normalized spacial score (nSPS) is 30.1. The predicted molar refractivity (Wildman–Crippen MR) is 130 cm³/mol. The summed E-state index contributed by atoms with van der Waals surface area (Å²) in [6, 6.07) is 4.52. The van der Waals surface area contributed by atoms with Crippen molar-refractivity contribution >= 4 is 5.69 Å². The van der Waals surface area contributed by atoms with E-state index in [1.807, 2.05) is 0 Å². The quantitative estimate of drug-likeness (QED) is 0.693. The van der Waals surface area contributed by atoms with Crippen molar-refractivity contribution in [2.24, 2.45) is 23.0 Å². The molecular weight excluding hydrogens is 382 g/mol. The lowest BCUT2D eigenvalue weighted by molar-refractivity contribution is 0.0524. The first-order chi connectivity index (χ1) is 14.5. The van der Waals surface area contributed by atoms with Gasteiger partial charge in [-0.1, -0.05) is 30.7 Å². The van der Waals surface area contributed by atoms with Gasteiger partial charge in [0.2, 0.25) is 0 Å². The lowest BCUT2D eigenvalue weighted by Gasteiger charge is -2.55. The fourth-order valence-electron chi connectivity index (χ4n) is 6.72. The van der Waals surface area contributed by atoms with Crippen LogP contribution in [0.25, 0.3) is 0 Å². The number of benzene rings is 1. The molecule has 0 radical (unpaired) electrons. The minimum atomic E-state index is -0.0298. The van der Waals surface area contributed by atoms with Crippen LogP contribution in [0.4, 0.5) is 5.69 Å². The predicted octanol–water partition coefficient (Wildman–Crippen LogP) is 4.74. The molecule has 1 aromatic carbocycles. The van der Waals surface area contributed by atoms with Crippen molar-refractivity contribution in [2.75, 3.05) is 33.1 Å². The van der Waals surface area contributed by atoms with Gasteiger partial charge in [-0.3, -0.25) is 4.90 Å². The second-order valence-corrected chi connectivity index (χ2v) is 10.7. The number of hydrogen-bond donors (Lipinski definition) is 2. The lowest BCUT2D eigenvalue weighted by Crippen LogP contribution is -2.52. The smallest absolute Gasteiger partial charge is 0.115 e. The summed E-state index contributed by atoms with van der Waals surface area (Å²) >= 11 is 0. The molecule has 31 heavy (non-hydrogen) atoms. The number of anilines is 1. The molecule has 0 heterocycles. The SMILES string of the molecule is C=C(N)C1=C(O)[C@@H](N(C)C)[C@@H]2C[C@@H]3Cc4c(N(C)C)ccc(C)c4CC3=C(C)[C@]2(C)C1. The molecule has 4 heteroatoms. The van der Waals surface area contributed by atoms with Crippen LogP contribution in [-0.2, 0) is 12.8 Å². The van der Waals surface area contributed by atoms with Crippen LogP contribution >= 0.6 is 0 Å². The lowest BCUT2D eigenvalue weighted by atomic mass is 9.52. The Kier molecular flexibility index (Phi) is 5.28. The Balaban J connectivity index is 1.86. The highest BCUT2D eigenvalue weighted by atomic mass is 16.3. The molecule has 3 N–H and O–H groups in total. The van der Waals surface area contributed by atoms with Gasteiger partial charge in [0.25, 0.3) is 0 Å². The monoisotopic (exact) mass is 421 g/mol. The molecule has 4 atom stereocenters. The molecular formula is C27H39N3O. The Bertz CT molecular complexity index is 1000. The number of aliphatic hydroxyl groups excluding tert-OH is 1. The topological polar surface area (TPSA) is 52.7 Å². The zero-order valence-electron chi connectivity index (χ0n) is 20.3. The number of aliphatic hydroxyl groups is 1. The zero-order valence-corrected chi connectivity index (χ0v) is 20.3. The van der Waals surface area contributed by atoms with Crippen molar-refractivity contribution in [1.82, 2.24) is 4.90 Å². The van der Waals surface area contributed by atoms with Crippen LogP contribution < -0.4 is 10.6 Å². The maximum absolute atomic E-state index is 11.2. The van der Waals surface area contributed by atoms with Crippen LogP contribution in [0, 0.1) is 24.2 Å². The van der Waals surface area contributed by atoms with Gasteiger partial charge in [0.15, 0.2) is 0 Å². The van der Waals surface area contributed by atoms with Crippen LogP contribution in [-0.4, -0.2) is 44.2 Å². The number of aryl methyl sites for hydroxylation is 1. The average Bonchev–Trinajstić information content (AvgIpc) is 2.68. The second kappa shape index (κ2) is 7.44. The summed E-state index contributed by atoms with van der Waals surface area (Å²) < 4.78 is 0. The van der Waals surface area contributed by atoms with E-state index in [4.69, 9.17) is 5.73 Å². The summed E-state index contributed by atoms with van der Waals surface area (Å²) in [5.41, 5.74) is 16.4. The summed E-state index contributed by atoms with van der Waals surface area (Å²) in [5, 5.41) is 11.2. The Morgan fingerprint density at radius 3 is 2.42 bits per heavy atom. The minimum Gasteiger partial charge on any atom is -0.510 e. The highest BCUT2D eigenvalue weighted by molar-refractivity contribution is 5.61. The number of nitrogens with two attached hydrogens (primary N) is 1. The number of hydrogen-bond acceptors (Lipinski definition) is 4. The van der Waals surface area contributed by atoms with E-state index in [2.05, 4.69) is 77.5 Å². The molecule has 0 amide bonds. The summed E-state index contributed by atoms with van der Waals surface area (Å²) in [6.45, 7) is 11.0. The summed E-state index contributed by atoms with van der Waals surface area (Å²) in [6.07, 6.45) is 4.00. The largest absolute Gasteiger partial charge is 0.510 e. The molecule has 3 aliphatic carbocycles. The summed E-state index contributed by atoms with van der Waals surface area (Å²) in [5.74, 6) is 1.31. The van der Waals surface area contributed by atoms with Gasteiger partial charge in [-0.25, -0.2) is 0 Å². The molecule has 0 bridgehead atoms. The fraction of sp³-hybridized carbons (Fsp3) is 0.556. The molecule has 168 valence electrons. The summed E-state index contributed by atoms with van der Waals surface area (Å²) in [4.78, 5) is 4.43. The Labute approximate surface area is 188 Å². The van der Waals surface area contributed by atoms with E-state index in [1.54, 1.807) is 5.57 Å². The van der Waals surface area contributed by atoms with Gasteiger partial charge >= 0.3 is 0 Å². The third-order valence-electron chi connectivity index (χ3n) is 8.59. The first kappa shape index (κ1) is 22.0. The van der Waals surface area contributed by atoms with E-state index in [1.165, 1.54) is 28.0 Å². The van der Waals surface area contributed by atoms with Crippen LogP contribution in [0.1, 0.15) is 43.4 Å². The molecule has 0 saturated carbocycles. The molecule has 4 nitrogen and oxygen atoms in total. The zero-order chi connectivity index (χ0) is 22.8. The van der Waals surface area contributed by atoms with Gasteiger partial charge in [-0.05, 0) is 93.6 Å². The maximum atomic E-state index is 11.2. The van der Waals surface area contributed by atoms with Crippen molar-refractivity contribution in [1.29, 1.82) is 0 Å². The number of nitrogens with zero attached hydrogens (tertiary/aromatic N) is 2.